The molecule has 0 saturated heterocycles. The van der Waals surface area contributed by atoms with E-state index in [2.05, 4.69) is 15.6 Å². The molecule has 0 amide bonds. The smallest absolute Gasteiger partial charge is 0.191 e. The number of guanidine groups is 1. The lowest BCUT2D eigenvalue weighted by Crippen LogP contribution is -2.36. The lowest BCUT2D eigenvalue weighted by Gasteiger charge is -2.11. The summed E-state index contributed by atoms with van der Waals surface area (Å²) in [4.78, 5) is 4.98. The summed E-state index contributed by atoms with van der Waals surface area (Å²) >= 11 is 0. The van der Waals surface area contributed by atoms with Crippen LogP contribution in [-0.4, -0.2) is 23.5 Å². The van der Waals surface area contributed by atoms with Gasteiger partial charge in [-0.2, -0.15) is 0 Å². The van der Waals surface area contributed by atoms with Gasteiger partial charge in [0, 0.05) is 35.5 Å². The maximum atomic E-state index is 11.3. The van der Waals surface area contributed by atoms with Crippen LogP contribution in [0, 0.1) is 0 Å². The SMILES string of the molecule is CN=C(NCc1ccc(S(C)=O)cc1)NCc1ccco1. The molecule has 112 valence electrons. The molecule has 0 radical (unpaired) electrons. The zero-order valence-corrected chi connectivity index (χ0v) is 12.9. The van der Waals surface area contributed by atoms with Gasteiger partial charge < -0.3 is 15.1 Å². The molecule has 0 saturated carbocycles. The maximum absolute atomic E-state index is 11.3. The molecule has 6 heteroatoms. The third-order valence-electron chi connectivity index (χ3n) is 2.95. The molecule has 5 nitrogen and oxygen atoms in total. The Morgan fingerprint density at radius 2 is 1.90 bits per heavy atom. The topological polar surface area (TPSA) is 66.6 Å². The zero-order chi connectivity index (χ0) is 15.1. The number of benzene rings is 1. The van der Waals surface area contributed by atoms with Gasteiger partial charge in [0.15, 0.2) is 5.96 Å². The van der Waals surface area contributed by atoms with E-state index in [0.29, 0.717) is 19.0 Å². The van der Waals surface area contributed by atoms with Crippen LogP contribution in [0.5, 0.6) is 0 Å². The van der Waals surface area contributed by atoms with Gasteiger partial charge in [-0.25, -0.2) is 0 Å². The zero-order valence-electron chi connectivity index (χ0n) is 12.1. The fourth-order valence-electron chi connectivity index (χ4n) is 1.79. The minimum absolute atomic E-state index is 0.584. The Bertz CT molecular complexity index is 606. The van der Waals surface area contributed by atoms with Crippen molar-refractivity contribution < 1.29 is 8.63 Å². The molecule has 1 aromatic carbocycles. The van der Waals surface area contributed by atoms with Gasteiger partial charge in [0.1, 0.15) is 5.76 Å². The van der Waals surface area contributed by atoms with E-state index in [1.807, 2.05) is 36.4 Å². The number of rotatable bonds is 5. The van der Waals surface area contributed by atoms with Gasteiger partial charge in [0.25, 0.3) is 0 Å². The van der Waals surface area contributed by atoms with Gasteiger partial charge in [-0.15, -0.1) is 0 Å². The van der Waals surface area contributed by atoms with Crippen LogP contribution in [0.4, 0.5) is 0 Å². The van der Waals surface area contributed by atoms with E-state index in [4.69, 9.17) is 4.42 Å². The second-order valence-corrected chi connectivity index (χ2v) is 5.84. The summed E-state index contributed by atoms with van der Waals surface area (Å²) < 4.78 is 16.6. The lowest BCUT2D eigenvalue weighted by atomic mass is 10.2. The number of hydrogen-bond donors (Lipinski definition) is 2. The Morgan fingerprint density at radius 1 is 1.19 bits per heavy atom. The molecule has 1 aromatic heterocycles. The van der Waals surface area contributed by atoms with E-state index in [1.165, 1.54) is 0 Å². The van der Waals surface area contributed by atoms with E-state index in [1.54, 1.807) is 19.6 Å². The van der Waals surface area contributed by atoms with Crippen molar-refractivity contribution in [2.75, 3.05) is 13.3 Å². The molecule has 2 N–H and O–H groups in total. The second-order valence-electron chi connectivity index (χ2n) is 4.46. The molecule has 0 aliphatic carbocycles. The highest BCUT2D eigenvalue weighted by atomic mass is 32.2. The number of furan rings is 1. The Kier molecular flexibility index (Phi) is 5.57. The van der Waals surface area contributed by atoms with Crippen LogP contribution in [0.15, 0.2) is 57.0 Å². The summed E-state index contributed by atoms with van der Waals surface area (Å²) in [5.74, 6) is 1.56. The third-order valence-corrected chi connectivity index (χ3v) is 3.89. The normalized spacial score (nSPS) is 13.0. The predicted molar refractivity (Wildman–Crippen MR) is 84.5 cm³/mol. The number of nitrogens with zero attached hydrogens (tertiary/aromatic N) is 1. The molecule has 1 atom stereocenters. The fourth-order valence-corrected chi connectivity index (χ4v) is 2.31. The molecule has 1 heterocycles. The summed E-state index contributed by atoms with van der Waals surface area (Å²) in [5, 5.41) is 6.39. The molecule has 0 spiro atoms. The van der Waals surface area contributed by atoms with E-state index < -0.39 is 10.8 Å². The first-order valence-corrected chi connectivity index (χ1v) is 8.14. The molecule has 2 rings (SSSR count). The first-order valence-electron chi connectivity index (χ1n) is 6.58. The first-order chi connectivity index (χ1) is 10.2. The van der Waals surface area contributed by atoms with E-state index in [0.717, 1.165) is 16.2 Å². The summed E-state index contributed by atoms with van der Waals surface area (Å²) in [5.41, 5.74) is 1.10. The second kappa shape index (κ2) is 7.64. The molecule has 21 heavy (non-hydrogen) atoms. The van der Waals surface area contributed by atoms with Crippen molar-refractivity contribution in [1.82, 2.24) is 10.6 Å². The summed E-state index contributed by atoms with van der Waals surface area (Å²) in [7, 11) is 0.784. The summed E-state index contributed by atoms with van der Waals surface area (Å²) in [6.45, 7) is 1.23. The monoisotopic (exact) mass is 305 g/mol. The average Bonchev–Trinajstić information content (AvgIpc) is 3.01. The Labute approximate surface area is 126 Å². The minimum Gasteiger partial charge on any atom is -0.467 e. The molecular weight excluding hydrogens is 286 g/mol. The van der Waals surface area contributed by atoms with Gasteiger partial charge in [-0.3, -0.25) is 9.20 Å². The van der Waals surface area contributed by atoms with Gasteiger partial charge >= 0.3 is 0 Å². The van der Waals surface area contributed by atoms with Crippen LogP contribution in [0.2, 0.25) is 0 Å². The van der Waals surface area contributed by atoms with Crippen LogP contribution in [0.25, 0.3) is 0 Å². The maximum Gasteiger partial charge on any atom is 0.191 e. The number of hydrogen-bond acceptors (Lipinski definition) is 3. The van der Waals surface area contributed by atoms with Crippen molar-refractivity contribution in [2.24, 2.45) is 4.99 Å². The van der Waals surface area contributed by atoms with E-state index in [9.17, 15) is 4.21 Å². The molecule has 1 unspecified atom stereocenters. The van der Waals surface area contributed by atoms with Crippen LogP contribution < -0.4 is 10.6 Å². The average molecular weight is 305 g/mol. The van der Waals surface area contributed by atoms with Crippen molar-refractivity contribution in [3.05, 3.63) is 54.0 Å². The van der Waals surface area contributed by atoms with Crippen LogP contribution in [-0.2, 0) is 23.9 Å². The Morgan fingerprint density at radius 3 is 2.48 bits per heavy atom. The molecule has 0 fully saturated rings. The minimum atomic E-state index is -0.939. The highest BCUT2D eigenvalue weighted by Crippen LogP contribution is 2.07. The first kappa shape index (κ1) is 15.3. The number of aliphatic imine (C=N–C) groups is 1. The van der Waals surface area contributed by atoms with Gasteiger partial charge in [0.2, 0.25) is 0 Å². The lowest BCUT2D eigenvalue weighted by molar-refractivity contribution is 0.501. The predicted octanol–water partition coefficient (Wildman–Crippen LogP) is 1.88. The highest BCUT2D eigenvalue weighted by molar-refractivity contribution is 7.84. The largest absolute Gasteiger partial charge is 0.467 e. The fraction of sp³-hybridized carbons (Fsp3) is 0.267. The van der Waals surface area contributed by atoms with Crippen molar-refractivity contribution in [3.63, 3.8) is 0 Å². The van der Waals surface area contributed by atoms with Crippen molar-refractivity contribution in [1.29, 1.82) is 0 Å². The summed E-state index contributed by atoms with van der Waals surface area (Å²) in [6, 6.07) is 11.4. The van der Waals surface area contributed by atoms with Crippen LogP contribution in [0.1, 0.15) is 11.3 Å². The molecule has 0 aliphatic heterocycles. The standard InChI is InChI=1S/C15H19N3O2S/c1-16-15(18-11-13-4-3-9-20-13)17-10-12-5-7-14(8-6-12)21(2)19/h3-9H,10-11H2,1-2H3,(H2,16,17,18). The summed E-state index contributed by atoms with van der Waals surface area (Å²) in [6.07, 6.45) is 3.32. The molecule has 0 aliphatic rings. The van der Waals surface area contributed by atoms with Gasteiger partial charge in [0.05, 0.1) is 12.8 Å². The van der Waals surface area contributed by atoms with E-state index >= 15 is 0 Å². The Hall–Kier alpha value is -2.08. The van der Waals surface area contributed by atoms with Crippen molar-refractivity contribution in [3.8, 4) is 0 Å². The highest BCUT2D eigenvalue weighted by Gasteiger charge is 2.01. The van der Waals surface area contributed by atoms with Gasteiger partial charge in [-0.05, 0) is 29.8 Å². The van der Waals surface area contributed by atoms with E-state index in [-0.39, 0.29) is 0 Å². The van der Waals surface area contributed by atoms with Crippen LogP contribution in [0.3, 0.4) is 0 Å². The quantitative estimate of drug-likeness (QED) is 0.654. The third kappa shape index (κ3) is 4.75. The molecule has 2 aromatic rings. The van der Waals surface area contributed by atoms with Crippen molar-refractivity contribution >= 4 is 16.8 Å². The molecular formula is C15H19N3O2S. The number of nitrogens with one attached hydrogen (secondary N) is 2. The Balaban J connectivity index is 1.83. The molecule has 0 bridgehead atoms. The van der Waals surface area contributed by atoms with Crippen molar-refractivity contribution in [2.45, 2.75) is 18.0 Å². The van der Waals surface area contributed by atoms with Crippen LogP contribution >= 0.6 is 0 Å². The van der Waals surface area contributed by atoms with Gasteiger partial charge in [-0.1, -0.05) is 12.1 Å².